The van der Waals surface area contributed by atoms with Crippen LogP contribution < -0.4 is 10.6 Å². The van der Waals surface area contributed by atoms with Gasteiger partial charge in [0.1, 0.15) is 12.6 Å². The summed E-state index contributed by atoms with van der Waals surface area (Å²) in [5.41, 5.74) is 1.85. The van der Waals surface area contributed by atoms with E-state index in [1.165, 1.54) is 14.2 Å². The number of carbonyl (C=O) groups excluding carboxylic acids is 3. The minimum Gasteiger partial charge on any atom is -0.468 e. The van der Waals surface area contributed by atoms with Gasteiger partial charge in [0.15, 0.2) is 0 Å². The maximum absolute atomic E-state index is 12.7. The van der Waals surface area contributed by atoms with E-state index >= 15 is 0 Å². The van der Waals surface area contributed by atoms with E-state index in [9.17, 15) is 14.4 Å². The SMILES string of the molecule is COC(=O)CNC(=O)[C@H](Cc1ccccc1)N[C@@H](Cc1ccccc1)C(=O)OC. The standard InChI is InChI=1S/C22H26N2O5/c1-28-20(25)15-23-21(26)18(13-16-9-5-3-6-10-16)24-19(22(27)29-2)14-17-11-7-4-8-12-17/h3-12,18-19,24H,13-15H2,1-2H3,(H,23,26)/t18-,19-/m0/s1. The summed E-state index contributed by atoms with van der Waals surface area (Å²) < 4.78 is 9.49. The lowest BCUT2D eigenvalue weighted by atomic mass is 10.0. The molecular weight excluding hydrogens is 372 g/mol. The zero-order valence-electron chi connectivity index (χ0n) is 16.6. The number of hydrogen-bond acceptors (Lipinski definition) is 6. The highest BCUT2D eigenvalue weighted by molar-refractivity contribution is 5.86. The molecule has 2 aromatic carbocycles. The highest BCUT2D eigenvalue weighted by Gasteiger charge is 2.27. The van der Waals surface area contributed by atoms with Crippen molar-refractivity contribution in [2.24, 2.45) is 0 Å². The van der Waals surface area contributed by atoms with Crippen molar-refractivity contribution in [3.05, 3.63) is 71.8 Å². The molecule has 29 heavy (non-hydrogen) atoms. The summed E-state index contributed by atoms with van der Waals surface area (Å²) in [4.78, 5) is 36.5. The monoisotopic (exact) mass is 398 g/mol. The van der Waals surface area contributed by atoms with Crippen LogP contribution in [0.2, 0.25) is 0 Å². The first-order valence-electron chi connectivity index (χ1n) is 9.29. The van der Waals surface area contributed by atoms with Crippen molar-refractivity contribution in [1.82, 2.24) is 10.6 Å². The minimum absolute atomic E-state index is 0.246. The molecule has 0 unspecified atom stereocenters. The number of esters is 2. The number of carbonyl (C=O) groups is 3. The van der Waals surface area contributed by atoms with E-state index in [1.807, 2.05) is 60.7 Å². The summed E-state index contributed by atoms with van der Waals surface area (Å²) in [5, 5.41) is 5.66. The van der Waals surface area contributed by atoms with Crippen LogP contribution in [0.1, 0.15) is 11.1 Å². The van der Waals surface area contributed by atoms with Gasteiger partial charge in [0.25, 0.3) is 0 Å². The Kier molecular flexibility index (Phi) is 8.85. The Hall–Kier alpha value is -3.19. The molecule has 2 N–H and O–H groups in total. The average Bonchev–Trinajstić information content (AvgIpc) is 2.76. The van der Waals surface area contributed by atoms with Crippen LogP contribution in [0.5, 0.6) is 0 Å². The highest BCUT2D eigenvalue weighted by Crippen LogP contribution is 2.09. The Balaban J connectivity index is 2.18. The zero-order chi connectivity index (χ0) is 21.1. The second kappa shape index (κ2) is 11.6. The lowest BCUT2D eigenvalue weighted by Gasteiger charge is -2.24. The Morgan fingerprint density at radius 2 is 1.31 bits per heavy atom. The molecule has 0 saturated heterocycles. The lowest BCUT2D eigenvalue weighted by Crippen LogP contribution is -2.53. The van der Waals surface area contributed by atoms with Crippen LogP contribution in [-0.2, 0) is 36.7 Å². The Bertz CT molecular complexity index is 795. The lowest BCUT2D eigenvalue weighted by molar-refractivity contribution is -0.144. The summed E-state index contributed by atoms with van der Waals surface area (Å²) in [6, 6.07) is 17.4. The van der Waals surface area contributed by atoms with E-state index in [0.29, 0.717) is 12.8 Å². The van der Waals surface area contributed by atoms with Crippen LogP contribution in [0.3, 0.4) is 0 Å². The fraction of sp³-hybridized carbons (Fsp3) is 0.318. The van der Waals surface area contributed by atoms with E-state index in [1.54, 1.807) is 0 Å². The van der Waals surface area contributed by atoms with Crippen LogP contribution in [0.25, 0.3) is 0 Å². The average molecular weight is 398 g/mol. The summed E-state index contributed by atoms with van der Waals surface area (Å²) >= 11 is 0. The van der Waals surface area contributed by atoms with Crippen molar-refractivity contribution in [2.45, 2.75) is 24.9 Å². The molecule has 7 nitrogen and oxygen atoms in total. The van der Waals surface area contributed by atoms with Gasteiger partial charge >= 0.3 is 11.9 Å². The van der Waals surface area contributed by atoms with Gasteiger partial charge in [-0.25, -0.2) is 0 Å². The molecule has 0 bridgehead atoms. The van der Waals surface area contributed by atoms with Gasteiger partial charge in [-0.15, -0.1) is 0 Å². The first-order valence-corrected chi connectivity index (χ1v) is 9.29. The minimum atomic E-state index is -0.741. The molecule has 0 aromatic heterocycles. The van der Waals surface area contributed by atoms with Crippen LogP contribution in [0.4, 0.5) is 0 Å². The predicted octanol–water partition coefficient (Wildman–Crippen LogP) is 1.26. The largest absolute Gasteiger partial charge is 0.468 e. The molecule has 1 amide bonds. The number of benzene rings is 2. The second-order valence-corrected chi connectivity index (χ2v) is 6.47. The van der Waals surface area contributed by atoms with Crippen molar-refractivity contribution in [1.29, 1.82) is 0 Å². The summed E-state index contributed by atoms with van der Waals surface area (Å²) in [6.07, 6.45) is 0.708. The third kappa shape index (κ3) is 7.38. The molecule has 2 atom stereocenters. The Morgan fingerprint density at radius 1 is 0.793 bits per heavy atom. The maximum Gasteiger partial charge on any atom is 0.325 e. The summed E-state index contributed by atoms with van der Waals surface area (Å²) in [7, 11) is 2.56. The molecule has 2 aromatic rings. The quantitative estimate of drug-likeness (QED) is 0.586. The zero-order valence-corrected chi connectivity index (χ0v) is 16.6. The molecule has 0 aliphatic heterocycles. The third-order valence-corrected chi connectivity index (χ3v) is 4.40. The van der Waals surface area contributed by atoms with Crippen molar-refractivity contribution in [3.8, 4) is 0 Å². The van der Waals surface area contributed by atoms with Crippen molar-refractivity contribution >= 4 is 17.8 Å². The number of amides is 1. The molecule has 7 heteroatoms. The molecule has 2 rings (SSSR count). The molecule has 0 aliphatic rings. The van der Waals surface area contributed by atoms with Crippen molar-refractivity contribution in [2.75, 3.05) is 20.8 Å². The van der Waals surface area contributed by atoms with Crippen LogP contribution in [0, 0.1) is 0 Å². The maximum atomic E-state index is 12.7. The van der Waals surface area contributed by atoms with Gasteiger partial charge in [-0.1, -0.05) is 60.7 Å². The molecule has 0 radical (unpaired) electrons. The normalized spacial score (nSPS) is 12.5. The first-order chi connectivity index (χ1) is 14.0. The fourth-order valence-electron chi connectivity index (χ4n) is 2.88. The molecule has 0 saturated carbocycles. The van der Waals surface area contributed by atoms with E-state index in [0.717, 1.165) is 11.1 Å². The first kappa shape index (κ1) is 22.1. The van der Waals surface area contributed by atoms with E-state index in [4.69, 9.17) is 4.74 Å². The van der Waals surface area contributed by atoms with Gasteiger partial charge in [0.2, 0.25) is 5.91 Å². The molecule has 0 fully saturated rings. The summed E-state index contributed by atoms with van der Waals surface area (Å²) in [6.45, 7) is -0.246. The fourth-order valence-corrected chi connectivity index (χ4v) is 2.88. The van der Waals surface area contributed by atoms with Gasteiger partial charge in [0.05, 0.1) is 20.3 Å². The van der Waals surface area contributed by atoms with Crippen molar-refractivity contribution < 1.29 is 23.9 Å². The van der Waals surface area contributed by atoms with E-state index in [2.05, 4.69) is 15.4 Å². The van der Waals surface area contributed by atoms with Crippen LogP contribution in [0.15, 0.2) is 60.7 Å². The predicted molar refractivity (Wildman–Crippen MR) is 108 cm³/mol. The number of hydrogen-bond donors (Lipinski definition) is 2. The van der Waals surface area contributed by atoms with Crippen LogP contribution in [-0.4, -0.2) is 50.7 Å². The smallest absolute Gasteiger partial charge is 0.325 e. The van der Waals surface area contributed by atoms with Crippen molar-refractivity contribution in [3.63, 3.8) is 0 Å². The third-order valence-electron chi connectivity index (χ3n) is 4.40. The molecule has 0 heterocycles. The highest BCUT2D eigenvalue weighted by atomic mass is 16.5. The second-order valence-electron chi connectivity index (χ2n) is 6.47. The number of methoxy groups -OCH3 is 2. The van der Waals surface area contributed by atoms with Gasteiger partial charge in [-0.2, -0.15) is 0 Å². The van der Waals surface area contributed by atoms with Gasteiger partial charge in [-0.05, 0) is 24.0 Å². The van der Waals surface area contributed by atoms with Gasteiger partial charge in [-0.3, -0.25) is 19.7 Å². The summed E-state index contributed by atoms with van der Waals surface area (Å²) in [5.74, 6) is -1.42. The van der Waals surface area contributed by atoms with Crippen LogP contribution >= 0.6 is 0 Å². The Morgan fingerprint density at radius 3 is 1.79 bits per heavy atom. The number of rotatable bonds is 10. The molecular formula is C22H26N2O5. The topological polar surface area (TPSA) is 93.7 Å². The molecule has 0 aliphatic carbocycles. The van der Waals surface area contributed by atoms with E-state index in [-0.39, 0.29) is 6.54 Å². The number of nitrogens with one attached hydrogen (secondary N) is 2. The number of ether oxygens (including phenoxy) is 2. The van der Waals surface area contributed by atoms with Gasteiger partial charge in [0, 0.05) is 0 Å². The molecule has 154 valence electrons. The Labute approximate surface area is 170 Å². The van der Waals surface area contributed by atoms with E-state index < -0.39 is 29.9 Å². The van der Waals surface area contributed by atoms with Gasteiger partial charge < -0.3 is 14.8 Å². The molecule has 0 spiro atoms.